The molecule has 0 N–H and O–H groups in total. The smallest absolute Gasteiger partial charge is 0.411 e. The first kappa shape index (κ1) is 16.9. The molecule has 2 aliphatic heterocycles. The summed E-state index contributed by atoms with van der Waals surface area (Å²) in [6, 6.07) is 2.85. The van der Waals surface area contributed by atoms with Crippen LogP contribution in [0.15, 0.2) is 18.2 Å². The zero-order valence-corrected chi connectivity index (χ0v) is 14.5. The van der Waals surface area contributed by atoms with Gasteiger partial charge in [0.15, 0.2) is 0 Å². The second-order valence-corrected chi connectivity index (χ2v) is 7.31. The van der Waals surface area contributed by atoms with Crippen molar-refractivity contribution < 1.29 is 18.7 Å². The lowest BCUT2D eigenvalue weighted by Crippen LogP contribution is -2.57. The summed E-state index contributed by atoms with van der Waals surface area (Å²) in [6.45, 7) is 8.11. The number of halogens is 1. The fourth-order valence-corrected chi connectivity index (χ4v) is 3.11. The van der Waals surface area contributed by atoms with Crippen molar-refractivity contribution in [3.63, 3.8) is 0 Å². The van der Waals surface area contributed by atoms with Gasteiger partial charge in [-0.25, -0.2) is 9.18 Å². The molecule has 1 amide bonds. The zero-order chi connectivity index (χ0) is 17.5. The highest BCUT2D eigenvalue weighted by atomic mass is 19.1. The largest absolute Gasteiger partial charge is 0.444 e. The molecular weight excluding hydrogens is 311 g/mol. The molecule has 2 aliphatic rings. The Balaban J connectivity index is 1.87. The van der Waals surface area contributed by atoms with Gasteiger partial charge in [0.2, 0.25) is 0 Å². The van der Waals surface area contributed by atoms with E-state index in [4.69, 9.17) is 9.47 Å². The molecule has 0 aromatic carbocycles. The van der Waals surface area contributed by atoms with E-state index in [1.54, 1.807) is 17.9 Å². The summed E-state index contributed by atoms with van der Waals surface area (Å²) in [5.74, 6) is -0.311. The first-order valence-corrected chi connectivity index (χ1v) is 8.18. The maximum Gasteiger partial charge on any atom is 0.411 e. The van der Waals surface area contributed by atoms with E-state index in [1.807, 2.05) is 26.8 Å². The highest BCUT2D eigenvalue weighted by Crippen LogP contribution is 2.33. The molecule has 5 nitrogen and oxygen atoms in total. The lowest BCUT2D eigenvalue weighted by atomic mass is 9.92. The summed E-state index contributed by atoms with van der Waals surface area (Å²) in [5, 5.41) is 0. The molecule has 3 heterocycles. The van der Waals surface area contributed by atoms with E-state index in [0.29, 0.717) is 25.3 Å². The molecule has 1 aromatic rings. The first-order chi connectivity index (χ1) is 11.2. The van der Waals surface area contributed by atoms with E-state index in [-0.39, 0.29) is 24.0 Å². The van der Waals surface area contributed by atoms with Crippen molar-refractivity contribution in [1.29, 1.82) is 0 Å². The fourth-order valence-electron chi connectivity index (χ4n) is 3.11. The number of nitrogens with zero attached hydrogens (tertiary/aromatic N) is 2. The van der Waals surface area contributed by atoms with Crippen molar-refractivity contribution in [2.75, 3.05) is 13.2 Å². The Morgan fingerprint density at radius 1 is 1.38 bits per heavy atom. The lowest BCUT2D eigenvalue weighted by Gasteiger charge is -2.44. The van der Waals surface area contributed by atoms with E-state index in [0.717, 1.165) is 11.3 Å². The average Bonchev–Trinajstić information content (AvgIpc) is 2.47. The Kier molecular flexibility index (Phi) is 4.34. The van der Waals surface area contributed by atoms with Crippen LogP contribution in [0, 0.1) is 12.7 Å². The maximum absolute atomic E-state index is 13.5. The highest BCUT2D eigenvalue weighted by Gasteiger charge is 2.40. The van der Waals surface area contributed by atoms with Crippen LogP contribution < -0.4 is 0 Å². The number of rotatable bonds is 1. The van der Waals surface area contributed by atoms with Crippen LogP contribution in [0.1, 0.15) is 38.6 Å². The molecule has 0 saturated carbocycles. The van der Waals surface area contributed by atoms with Gasteiger partial charge in [0.25, 0.3) is 0 Å². The number of morpholine rings is 1. The third-order valence-electron chi connectivity index (χ3n) is 4.15. The first-order valence-electron chi connectivity index (χ1n) is 8.18. The van der Waals surface area contributed by atoms with E-state index in [1.165, 1.54) is 6.07 Å². The second kappa shape index (κ2) is 6.16. The summed E-state index contributed by atoms with van der Waals surface area (Å²) < 4.78 is 24.6. The van der Waals surface area contributed by atoms with E-state index < -0.39 is 5.60 Å². The number of hydrogen-bond acceptors (Lipinski definition) is 4. The molecule has 0 spiro atoms. The Labute approximate surface area is 141 Å². The van der Waals surface area contributed by atoms with Gasteiger partial charge >= 0.3 is 6.09 Å². The standard InChI is InChI=1S/C18H23FN2O3/c1-11-15(19)5-6-16(20-11)12-7-13-9-23-10-14(8-12)21(13)17(22)24-18(2,3)4/h5-7,13-14H,8-10H2,1-4H3. The van der Waals surface area contributed by atoms with Gasteiger partial charge in [0.1, 0.15) is 11.4 Å². The van der Waals surface area contributed by atoms with Gasteiger partial charge < -0.3 is 9.47 Å². The van der Waals surface area contributed by atoms with Gasteiger partial charge in [-0.1, -0.05) is 6.08 Å². The molecule has 1 saturated heterocycles. The minimum atomic E-state index is -0.536. The van der Waals surface area contributed by atoms with Crippen LogP contribution in [0.2, 0.25) is 0 Å². The molecule has 24 heavy (non-hydrogen) atoms. The van der Waals surface area contributed by atoms with Gasteiger partial charge in [-0.3, -0.25) is 9.88 Å². The molecule has 2 unspecified atom stereocenters. The second-order valence-electron chi connectivity index (χ2n) is 7.31. The Morgan fingerprint density at radius 2 is 2.12 bits per heavy atom. The van der Waals surface area contributed by atoms with Crippen LogP contribution >= 0.6 is 0 Å². The van der Waals surface area contributed by atoms with E-state index in [9.17, 15) is 9.18 Å². The number of aromatic nitrogens is 1. The minimum absolute atomic E-state index is 0.0919. The van der Waals surface area contributed by atoms with Crippen molar-refractivity contribution in [3.8, 4) is 0 Å². The fraction of sp³-hybridized carbons (Fsp3) is 0.556. The number of carbonyl (C=O) groups excluding carboxylic acids is 1. The van der Waals surface area contributed by atoms with Crippen molar-refractivity contribution in [2.24, 2.45) is 0 Å². The number of carbonyl (C=O) groups is 1. The maximum atomic E-state index is 13.5. The van der Waals surface area contributed by atoms with Gasteiger partial charge in [0.05, 0.1) is 36.7 Å². The Bertz CT molecular complexity index is 681. The van der Waals surface area contributed by atoms with Gasteiger partial charge in [0, 0.05) is 0 Å². The number of hydrogen-bond donors (Lipinski definition) is 0. The molecule has 6 heteroatoms. The molecule has 1 aromatic heterocycles. The number of amides is 1. The van der Waals surface area contributed by atoms with Crippen molar-refractivity contribution in [3.05, 3.63) is 35.4 Å². The summed E-state index contributed by atoms with van der Waals surface area (Å²) in [7, 11) is 0. The van der Waals surface area contributed by atoms with Gasteiger partial charge in [-0.2, -0.15) is 0 Å². The molecule has 0 radical (unpaired) electrons. The number of pyridine rings is 1. The minimum Gasteiger partial charge on any atom is -0.444 e. The van der Waals surface area contributed by atoms with E-state index >= 15 is 0 Å². The van der Waals surface area contributed by atoms with E-state index in [2.05, 4.69) is 4.98 Å². The van der Waals surface area contributed by atoms with Gasteiger partial charge in [-0.05, 0) is 51.8 Å². The monoisotopic (exact) mass is 334 g/mol. The molecule has 2 bridgehead atoms. The summed E-state index contributed by atoms with van der Waals surface area (Å²) in [4.78, 5) is 18.6. The van der Waals surface area contributed by atoms with Crippen LogP contribution in [0.4, 0.5) is 9.18 Å². The molecule has 0 aliphatic carbocycles. The van der Waals surface area contributed by atoms with Crippen molar-refractivity contribution in [1.82, 2.24) is 9.88 Å². The quantitative estimate of drug-likeness (QED) is 0.790. The zero-order valence-electron chi connectivity index (χ0n) is 14.5. The normalized spacial score (nSPS) is 23.7. The topological polar surface area (TPSA) is 51.7 Å². The number of aryl methyl sites for hydroxylation is 1. The van der Waals surface area contributed by atoms with Crippen LogP contribution in [-0.2, 0) is 9.47 Å². The highest BCUT2D eigenvalue weighted by molar-refractivity contribution is 5.74. The lowest BCUT2D eigenvalue weighted by molar-refractivity contribution is -0.0511. The summed E-state index contributed by atoms with van der Waals surface area (Å²) in [5.41, 5.74) is 1.63. The van der Waals surface area contributed by atoms with Crippen molar-refractivity contribution in [2.45, 2.75) is 51.8 Å². The number of ether oxygens (including phenoxy) is 2. The Hall–Kier alpha value is -1.95. The molecular formula is C18H23FN2O3. The molecule has 2 atom stereocenters. The van der Waals surface area contributed by atoms with Crippen molar-refractivity contribution >= 4 is 11.7 Å². The van der Waals surface area contributed by atoms with Crippen LogP contribution in [-0.4, -0.2) is 46.9 Å². The number of fused-ring (bicyclic) bond motifs is 2. The van der Waals surface area contributed by atoms with Crippen LogP contribution in [0.3, 0.4) is 0 Å². The molecule has 3 rings (SSSR count). The Morgan fingerprint density at radius 3 is 2.75 bits per heavy atom. The predicted octanol–water partition coefficient (Wildman–Crippen LogP) is 3.32. The average molecular weight is 334 g/mol. The third kappa shape index (κ3) is 3.43. The summed E-state index contributed by atoms with van der Waals surface area (Å²) in [6.07, 6.45) is 2.28. The third-order valence-corrected chi connectivity index (χ3v) is 4.15. The predicted molar refractivity (Wildman–Crippen MR) is 88.0 cm³/mol. The SMILES string of the molecule is Cc1nc(C2=CC3COCC(C2)N3C(=O)OC(C)(C)C)ccc1F. The molecule has 130 valence electrons. The van der Waals surface area contributed by atoms with Crippen LogP contribution in [0.5, 0.6) is 0 Å². The summed E-state index contributed by atoms with van der Waals surface area (Å²) >= 11 is 0. The van der Waals surface area contributed by atoms with Crippen LogP contribution in [0.25, 0.3) is 5.57 Å². The van der Waals surface area contributed by atoms with Gasteiger partial charge in [-0.15, -0.1) is 0 Å². The molecule has 1 fully saturated rings.